The molecule has 1 saturated heterocycles. The highest BCUT2D eigenvalue weighted by Gasteiger charge is 2.14. The van der Waals surface area contributed by atoms with E-state index in [1.165, 1.54) is 0 Å². The van der Waals surface area contributed by atoms with Crippen molar-refractivity contribution in [2.45, 2.75) is 6.92 Å². The highest BCUT2D eigenvalue weighted by molar-refractivity contribution is 14.2. The van der Waals surface area contributed by atoms with Crippen LogP contribution in [0.1, 0.15) is 5.69 Å². The van der Waals surface area contributed by atoms with E-state index in [0.717, 1.165) is 37.7 Å². The van der Waals surface area contributed by atoms with Gasteiger partial charge in [0.25, 0.3) is 0 Å². The number of hydrazone groups is 1. The molecular formula is C16H28BrIN5P. The summed E-state index contributed by atoms with van der Waals surface area (Å²) in [4.78, 5) is 9.24. The van der Waals surface area contributed by atoms with Crippen LogP contribution in [0.5, 0.6) is 0 Å². The minimum absolute atomic E-state index is 0.699. The topological polar surface area (TPSA) is 35.0 Å². The summed E-state index contributed by atoms with van der Waals surface area (Å²) in [7, 11) is 4.09. The van der Waals surface area contributed by atoms with Gasteiger partial charge in [0.05, 0.1) is 6.37 Å². The van der Waals surface area contributed by atoms with Gasteiger partial charge in [0.15, 0.2) is 0 Å². The molecule has 0 N–H and O–H groups in total. The summed E-state index contributed by atoms with van der Waals surface area (Å²) in [5.41, 5.74) is 1.10. The molecule has 0 radical (unpaired) electrons. The first-order chi connectivity index (χ1) is 11.6. The molecule has 1 fully saturated rings. The van der Waals surface area contributed by atoms with Crippen LogP contribution in [0.25, 0.3) is 0 Å². The highest BCUT2D eigenvalue weighted by Crippen LogP contribution is 2.24. The fraction of sp³-hybridized carbons (Fsp3) is 0.500. The van der Waals surface area contributed by atoms with Crippen molar-refractivity contribution >= 4 is 56.4 Å². The summed E-state index contributed by atoms with van der Waals surface area (Å²) in [6, 6.07) is 6.22. The molecule has 0 saturated carbocycles. The molecule has 0 aromatic carbocycles. The fourth-order valence-corrected chi connectivity index (χ4v) is 2.39. The fourth-order valence-electron chi connectivity index (χ4n) is 1.91. The molecule has 1 aliphatic rings. The van der Waals surface area contributed by atoms with Crippen molar-refractivity contribution < 1.29 is 0 Å². The van der Waals surface area contributed by atoms with Gasteiger partial charge < -0.3 is 9.80 Å². The number of hydrogen-bond donors (Lipinski definition) is 0. The lowest BCUT2D eigenvalue weighted by atomic mass is 10.3. The number of anilines is 1. The Morgan fingerprint density at radius 1 is 1.33 bits per heavy atom. The van der Waals surface area contributed by atoms with Gasteiger partial charge in [0, 0.05) is 45.1 Å². The molecule has 1 aromatic heterocycles. The Morgan fingerprint density at radius 2 is 1.96 bits per heavy atom. The molecule has 1 unspecified atom stereocenters. The normalized spacial score (nSPS) is 14.8. The standard InChI is InChI=1S/C11H17N3.C4H8IN2P.CH3Br/c1-10-4-3-5-11(12-10)14-8-6-13(2)7-9-14;1-3-4-6-7(2)8-5;1-2/h3-5H,6-9H2,1-2H3;3-4,8H,1H2,2H3;1H3/b;6-4-;. The average molecular weight is 528 g/mol. The maximum Gasteiger partial charge on any atom is 0.128 e. The van der Waals surface area contributed by atoms with Gasteiger partial charge >= 0.3 is 0 Å². The molecule has 1 aromatic rings. The average Bonchev–Trinajstić information content (AvgIpc) is 2.62. The SMILES string of the molecule is C=C/C=N\N(C)PI.CBr.Cc1cccc(N2CCN(C)CC2)n1. The minimum Gasteiger partial charge on any atom is -0.354 e. The zero-order chi connectivity index (χ0) is 18.4. The number of nitrogens with zero attached hydrogens (tertiary/aromatic N) is 5. The van der Waals surface area contributed by atoms with E-state index >= 15 is 0 Å². The van der Waals surface area contributed by atoms with Crippen molar-refractivity contribution in [1.29, 1.82) is 0 Å². The lowest BCUT2D eigenvalue weighted by molar-refractivity contribution is 0.312. The molecule has 136 valence electrons. The molecule has 2 heterocycles. The van der Waals surface area contributed by atoms with Crippen LogP contribution in [0.15, 0.2) is 36.0 Å². The first kappa shape index (κ1) is 23.8. The molecule has 1 aliphatic heterocycles. The molecule has 0 spiro atoms. The molecule has 2 rings (SSSR count). The number of aromatic nitrogens is 1. The Morgan fingerprint density at radius 3 is 2.46 bits per heavy atom. The third-order valence-corrected chi connectivity index (χ3v) is 5.62. The van der Waals surface area contributed by atoms with Crippen molar-refractivity contribution in [3.63, 3.8) is 0 Å². The Hall–Kier alpha value is -0.240. The molecule has 1 atom stereocenters. The molecule has 8 heteroatoms. The second-order valence-electron chi connectivity index (χ2n) is 5.04. The second-order valence-corrected chi connectivity index (χ2v) is 7.30. The Labute approximate surface area is 170 Å². The number of pyridine rings is 1. The molecule has 5 nitrogen and oxygen atoms in total. The lowest BCUT2D eigenvalue weighted by Gasteiger charge is -2.33. The van der Waals surface area contributed by atoms with Crippen LogP contribution in [0.2, 0.25) is 0 Å². The number of piperazine rings is 1. The van der Waals surface area contributed by atoms with Gasteiger partial charge in [-0.3, -0.25) is 4.78 Å². The van der Waals surface area contributed by atoms with E-state index in [9.17, 15) is 0 Å². The smallest absolute Gasteiger partial charge is 0.128 e. The zero-order valence-electron chi connectivity index (χ0n) is 14.9. The highest BCUT2D eigenvalue weighted by atomic mass is 127. The van der Waals surface area contributed by atoms with Crippen molar-refractivity contribution in [3.05, 3.63) is 36.5 Å². The van der Waals surface area contributed by atoms with E-state index < -0.39 is 0 Å². The first-order valence-electron chi connectivity index (χ1n) is 7.56. The maximum absolute atomic E-state index is 4.53. The van der Waals surface area contributed by atoms with Crippen LogP contribution in [0.3, 0.4) is 0 Å². The quantitative estimate of drug-likeness (QED) is 0.193. The molecule has 0 amide bonds. The number of allylic oxidation sites excluding steroid dienone is 1. The van der Waals surface area contributed by atoms with Gasteiger partial charge in [-0.2, -0.15) is 5.10 Å². The van der Waals surface area contributed by atoms with E-state index in [1.54, 1.807) is 12.3 Å². The third kappa shape index (κ3) is 10.6. The van der Waals surface area contributed by atoms with E-state index in [1.807, 2.05) is 30.7 Å². The minimum atomic E-state index is 0.699. The number of halogens is 2. The maximum atomic E-state index is 4.53. The largest absolute Gasteiger partial charge is 0.354 e. The van der Waals surface area contributed by atoms with E-state index in [2.05, 4.69) is 83.6 Å². The summed E-state index contributed by atoms with van der Waals surface area (Å²) in [5.74, 6) is 2.94. The van der Waals surface area contributed by atoms with E-state index in [0.29, 0.717) is 6.37 Å². The summed E-state index contributed by atoms with van der Waals surface area (Å²) >= 11 is 5.20. The van der Waals surface area contributed by atoms with E-state index in [-0.39, 0.29) is 0 Å². The van der Waals surface area contributed by atoms with Crippen LogP contribution in [-0.2, 0) is 0 Å². The summed E-state index contributed by atoms with van der Waals surface area (Å²) < 4.78 is 1.85. The molecule has 24 heavy (non-hydrogen) atoms. The van der Waals surface area contributed by atoms with Crippen LogP contribution in [0, 0.1) is 6.92 Å². The van der Waals surface area contributed by atoms with Gasteiger partial charge in [0.2, 0.25) is 0 Å². The Bertz CT molecular complexity index is 481. The zero-order valence-corrected chi connectivity index (χ0v) is 19.7. The first-order valence-corrected chi connectivity index (χ1v) is 13.2. The van der Waals surface area contributed by atoms with Gasteiger partial charge in [-0.25, -0.2) is 4.98 Å². The second kappa shape index (κ2) is 15.0. The predicted molar refractivity (Wildman–Crippen MR) is 122 cm³/mol. The van der Waals surface area contributed by atoms with Crippen LogP contribution >= 0.6 is 44.3 Å². The van der Waals surface area contributed by atoms with Crippen molar-refractivity contribution in [2.75, 3.05) is 51.0 Å². The number of rotatable bonds is 4. The third-order valence-electron chi connectivity index (χ3n) is 3.17. The lowest BCUT2D eigenvalue weighted by Crippen LogP contribution is -2.44. The summed E-state index contributed by atoms with van der Waals surface area (Å²) in [6.45, 7) is 9.98. The van der Waals surface area contributed by atoms with Crippen molar-refractivity contribution in [1.82, 2.24) is 14.7 Å². The van der Waals surface area contributed by atoms with Gasteiger partial charge in [0.1, 0.15) is 5.82 Å². The molecule has 0 aliphatic carbocycles. The molecular weight excluding hydrogens is 500 g/mol. The number of alkyl halides is 1. The van der Waals surface area contributed by atoms with Gasteiger partial charge in [-0.15, -0.1) is 0 Å². The number of hydrogen-bond acceptors (Lipinski definition) is 5. The van der Waals surface area contributed by atoms with Crippen LogP contribution in [-0.4, -0.2) is 67.0 Å². The van der Waals surface area contributed by atoms with Crippen LogP contribution in [0.4, 0.5) is 5.82 Å². The van der Waals surface area contributed by atoms with E-state index in [4.69, 9.17) is 0 Å². The number of aryl methyl sites for hydroxylation is 1. The van der Waals surface area contributed by atoms with Crippen LogP contribution < -0.4 is 4.90 Å². The summed E-state index contributed by atoms with van der Waals surface area (Å²) in [5, 5.41) is 3.96. The molecule has 0 bridgehead atoms. The van der Waals surface area contributed by atoms with Crippen molar-refractivity contribution in [3.8, 4) is 0 Å². The predicted octanol–water partition coefficient (Wildman–Crippen LogP) is 4.19. The monoisotopic (exact) mass is 527 g/mol. The Balaban J connectivity index is 0.000000456. The van der Waals surface area contributed by atoms with Gasteiger partial charge in [-0.1, -0.05) is 28.6 Å². The van der Waals surface area contributed by atoms with Gasteiger partial charge in [-0.05, 0) is 60.1 Å². The van der Waals surface area contributed by atoms with Crippen molar-refractivity contribution in [2.24, 2.45) is 5.10 Å². The summed E-state index contributed by atoms with van der Waals surface area (Å²) in [6.07, 6.45) is 4.03. The Kier molecular flexibility index (Phi) is 14.9. The number of likely N-dealkylation sites (N-methyl/N-ethyl adjacent to an activating group) is 1.